The molecule has 272 valence electrons. The van der Waals surface area contributed by atoms with Crippen LogP contribution in [0.2, 0.25) is 0 Å². The summed E-state index contributed by atoms with van der Waals surface area (Å²) < 4.78 is 59.9. The standard InChI is InChI=1S/C21H19FN6.C19H15F3N4/c1-21(2,3)12-27-13-25-19(14-4-6-15(22)7-5-14)20(27)17-8-9-18-24-11-16(10-23)28(18)26-17;1-12-24-18(13-2-5-15(20)6-3-13)19(26(12)11-16(21)22)14-4-7-17-23-8-9-25(17)10-14/h4-9,11,13H,12H2,1-3H3;2-10,16H,11H2,1H3. The van der Waals surface area contributed by atoms with E-state index in [1.165, 1.54) is 39.5 Å². The lowest BCUT2D eigenvalue weighted by molar-refractivity contribution is 0.126. The Balaban J connectivity index is 0.000000167. The maximum atomic E-state index is 13.4. The second-order valence-corrected chi connectivity index (χ2v) is 13.9. The van der Waals surface area contributed by atoms with Gasteiger partial charge in [-0.25, -0.2) is 42.0 Å². The molecule has 6 aromatic heterocycles. The van der Waals surface area contributed by atoms with Crippen LogP contribution in [0.5, 0.6) is 0 Å². The molecular weight excluding hydrogens is 697 g/mol. The number of fused-ring (bicyclic) bond motifs is 2. The molecule has 0 unspecified atom stereocenters. The maximum absolute atomic E-state index is 13.4. The molecule has 0 aliphatic carbocycles. The van der Waals surface area contributed by atoms with Crippen LogP contribution < -0.4 is 0 Å². The first kappa shape index (κ1) is 35.8. The Morgan fingerprint density at radius 2 is 1.43 bits per heavy atom. The van der Waals surface area contributed by atoms with Gasteiger partial charge in [0.2, 0.25) is 0 Å². The van der Waals surface area contributed by atoms with E-state index >= 15 is 0 Å². The molecular formula is C40H34F4N10. The van der Waals surface area contributed by atoms with Gasteiger partial charge in [-0.3, -0.25) is 0 Å². The molecule has 0 aliphatic heterocycles. The topological polar surface area (TPSA) is 107 Å². The van der Waals surface area contributed by atoms with Crippen molar-refractivity contribution in [1.29, 1.82) is 5.26 Å². The lowest BCUT2D eigenvalue weighted by atomic mass is 9.96. The van der Waals surface area contributed by atoms with Gasteiger partial charge in [-0.2, -0.15) is 10.4 Å². The highest BCUT2D eigenvalue weighted by atomic mass is 19.3. The second-order valence-electron chi connectivity index (χ2n) is 13.9. The van der Waals surface area contributed by atoms with Crippen molar-refractivity contribution >= 4 is 11.3 Å². The van der Waals surface area contributed by atoms with E-state index in [9.17, 15) is 22.8 Å². The number of aromatic nitrogens is 9. The molecule has 0 amide bonds. The quantitative estimate of drug-likeness (QED) is 0.152. The molecule has 10 nitrogen and oxygen atoms in total. The third kappa shape index (κ3) is 7.34. The summed E-state index contributed by atoms with van der Waals surface area (Å²) in [7, 11) is 0. The molecule has 0 radical (unpaired) electrons. The van der Waals surface area contributed by atoms with E-state index in [2.05, 4.69) is 56.4 Å². The molecule has 0 spiro atoms. The van der Waals surface area contributed by atoms with Crippen molar-refractivity contribution in [2.24, 2.45) is 5.41 Å². The zero-order chi connectivity index (χ0) is 38.1. The van der Waals surface area contributed by atoms with Gasteiger partial charge in [0.25, 0.3) is 6.43 Å². The number of nitrogens with zero attached hydrogens (tertiary/aromatic N) is 10. The molecule has 14 heteroatoms. The van der Waals surface area contributed by atoms with Crippen LogP contribution in [0.1, 0.15) is 32.3 Å². The maximum Gasteiger partial charge on any atom is 0.256 e. The fraction of sp³-hybridized carbons (Fsp3) is 0.200. The molecule has 6 heterocycles. The molecule has 0 bridgehead atoms. The Morgan fingerprint density at radius 1 is 0.778 bits per heavy atom. The first-order valence-corrected chi connectivity index (χ1v) is 17.0. The zero-order valence-corrected chi connectivity index (χ0v) is 29.8. The van der Waals surface area contributed by atoms with E-state index < -0.39 is 13.0 Å². The number of nitriles is 1. The average Bonchev–Trinajstić information content (AvgIpc) is 3.93. The Kier molecular flexibility index (Phi) is 9.55. The van der Waals surface area contributed by atoms with Gasteiger partial charge < -0.3 is 13.5 Å². The molecule has 0 saturated heterocycles. The number of hydrogen-bond donors (Lipinski definition) is 0. The van der Waals surface area contributed by atoms with Gasteiger partial charge >= 0.3 is 0 Å². The first-order valence-electron chi connectivity index (χ1n) is 17.0. The minimum Gasteiger partial charge on any atom is -0.328 e. The molecule has 0 aliphatic rings. The largest absolute Gasteiger partial charge is 0.328 e. The van der Waals surface area contributed by atoms with E-state index in [1.807, 2.05) is 34.9 Å². The number of benzene rings is 2. The lowest BCUT2D eigenvalue weighted by Gasteiger charge is -2.20. The Labute approximate surface area is 307 Å². The summed E-state index contributed by atoms with van der Waals surface area (Å²) in [5, 5.41) is 13.9. The molecule has 0 fully saturated rings. The highest BCUT2D eigenvalue weighted by Gasteiger charge is 2.23. The summed E-state index contributed by atoms with van der Waals surface area (Å²) in [5.74, 6) is -0.180. The van der Waals surface area contributed by atoms with Crippen molar-refractivity contribution in [1.82, 2.24) is 43.1 Å². The van der Waals surface area contributed by atoms with Gasteiger partial charge in [-0.05, 0) is 85.1 Å². The summed E-state index contributed by atoms with van der Waals surface area (Å²) in [6.07, 6.45) is 6.05. The summed E-state index contributed by atoms with van der Waals surface area (Å²) in [4.78, 5) is 17.5. The van der Waals surface area contributed by atoms with E-state index in [4.69, 9.17) is 0 Å². The number of halogens is 4. The van der Waals surface area contributed by atoms with Crippen molar-refractivity contribution in [2.45, 2.75) is 47.2 Å². The van der Waals surface area contributed by atoms with Crippen molar-refractivity contribution in [3.8, 4) is 51.2 Å². The van der Waals surface area contributed by atoms with Crippen LogP contribution in [-0.2, 0) is 13.1 Å². The van der Waals surface area contributed by atoms with E-state index in [-0.39, 0.29) is 17.0 Å². The van der Waals surface area contributed by atoms with E-state index in [0.717, 1.165) is 34.7 Å². The fourth-order valence-corrected chi connectivity index (χ4v) is 6.26. The molecule has 2 aromatic carbocycles. The van der Waals surface area contributed by atoms with Crippen LogP contribution >= 0.6 is 0 Å². The third-order valence-corrected chi connectivity index (χ3v) is 8.58. The lowest BCUT2D eigenvalue weighted by Crippen LogP contribution is -2.16. The highest BCUT2D eigenvalue weighted by Crippen LogP contribution is 2.35. The van der Waals surface area contributed by atoms with Gasteiger partial charge in [0, 0.05) is 41.8 Å². The predicted molar refractivity (Wildman–Crippen MR) is 196 cm³/mol. The molecule has 0 N–H and O–H groups in total. The smallest absolute Gasteiger partial charge is 0.256 e. The van der Waals surface area contributed by atoms with Crippen molar-refractivity contribution in [2.75, 3.05) is 0 Å². The van der Waals surface area contributed by atoms with E-state index in [0.29, 0.717) is 39.8 Å². The average molecular weight is 731 g/mol. The Bertz CT molecular complexity index is 2620. The van der Waals surface area contributed by atoms with Crippen LogP contribution in [0.4, 0.5) is 17.6 Å². The van der Waals surface area contributed by atoms with Crippen LogP contribution in [0.25, 0.3) is 56.5 Å². The minimum absolute atomic E-state index is 0.0203. The van der Waals surface area contributed by atoms with E-state index in [1.54, 1.807) is 49.9 Å². The highest BCUT2D eigenvalue weighted by molar-refractivity contribution is 5.80. The summed E-state index contributed by atoms with van der Waals surface area (Å²) in [6.45, 7) is 8.40. The normalized spacial score (nSPS) is 11.6. The predicted octanol–water partition coefficient (Wildman–Crippen LogP) is 8.89. The summed E-state index contributed by atoms with van der Waals surface area (Å²) >= 11 is 0. The second kappa shape index (κ2) is 14.4. The monoisotopic (exact) mass is 730 g/mol. The number of alkyl halides is 2. The van der Waals surface area contributed by atoms with Crippen molar-refractivity contribution < 1.29 is 17.6 Å². The SMILES string of the molecule is CC(C)(C)Cn1cnc(-c2ccc(F)cc2)c1-c1ccc2ncc(C#N)n2n1.Cc1nc(-c2ccc(F)cc2)c(-c2ccc3nccn3c2)n1CC(F)F. The summed E-state index contributed by atoms with van der Waals surface area (Å²) in [6, 6.07) is 21.6. The fourth-order valence-electron chi connectivity index (χ4n) is 6.26. The van der Waals surface area contributed by atoms with Crippen molar-refractivity contribution in [3.63, 3.8) is 0 Å². The minimum atomic E-state index is -2.51. The van der Waals surface area contributed by atoms with Gasteiger partial charge in [0.1, 0.15) is 34.9 Å². The van der Waals surface area contributed by atoms with Gasteiger partial charge in [0.15, 0.2) is 11.3 Å². The first-order chi connectivity index (χ1) is 25.9. The zero-order valence-electron chi connectivity index (χ0n) is 29.8. The summed E-state index contributed by atoms with van der Waals surface area (Å²) in [5.41, 5.74) is 7.27. The number of imidazole rings is 4. The van der Waals surface area contributed by atoms with Crippen LogP contribution in [0.15, 0.2) is 104 Å². The molecule has 8 rings (SSSR count). The van der Waals surface area contributed by atoms with Gasteiger partial charge in [-0.15, -0.1) is 0 Å². The number of aryl methyl sites for hydroxylation is 1. The van der Waals surface area contributed by atoms with Gasteiger partial charge in [-0.1, -0.05) is 20.8 Å². The molecule has 0 atom stereocenters. The van der Waals surface area contributed by atoms with Crippen LogP contribution in [0.3, 0.4) is 0 Å². The molecule has 54 heavy (non-hydrogen) atoms. The Hall–Kier alpha value is -6.62. The van der Waals surface area contributed by atoms with Crippen molar-refractivity contribution in [3.05, 3.63) is 127 Å². The van der Waals surface area contributed by atoms with Crippen LogP contribution in [0, 0.1) is 35.3 Å². The number of hydrogen-bond acceptors (Lipinski definition) is 6. The molecule has 0 saturated carbocycles. The number of rotatable bonds is 7. The number of pyridine rings is 1. The third-order valence-electron chi connectivity index (χ3n) is 8.58. The van der Waals surface area contributed by atoms with Gasteiger partial charge in [0.05, 0.1) is 41.8 Å². The van der Waals surface area contributed by atoms with Crippen LogP contribution in [-0.4, -0.2) is 49.5 Å². The Morgan fingerprint density at radius 3 is 2.07 bits per heavy atom. The molecule has 8 aromatic rings.